The SMILES string of the molecule is C=C(C)OC(C(=O)c1ccccc1)c1ccccc1. The Balaban J connectivity index is 2.33. The Labute approximate surface area is 113 Å². The Morgan fingerprint density at radius 2 is 1.53 bits per heavy atom. The molecule has 0 radical (unpaired) electrons. The van der Waals surface area contributed by atoms with E-state index in [-0.39, 0.29) is 5.78 Å². The highest BCUT2D eigenvalue weighted by atomic mass is 16.5. The third-order valence-electron chi connectivity index (χ3n) is 2.72. The van der Waals surface area contributed by atoms with E-state index >= 15 is 0 Å². The topological polar surface area (TPSA) is 26.3 Å². The molecular weight excluding hydrogens is 236 g/mol. The van der Waals surface area contributed by atoms with E-state index in [0.29, 0.717) is 11.3 Å². The van der Waals surface area contributed by atoms with Crippen LogP contribution in [0.15, 0.2) is 73.0 Å². The Hall–Kier alpha value is -2.35. The zero-order valence-corrected chi connectivity index (χ0v) is 10.9. The normalized spacial score (nSPS) is 11.6. The van der Waals surface area contributed by atoms with Crippen LogP contribution in [-0.4, -0.2) is 5.78 Å². The lowest BCUT2D eigenvalue weighted by Gasteiger charge is -2.18. The van der Waals surface area contributed by atoms with Crippen molar-refractivity contribution in [1.29, 1.82) is 0 Å². The minimum atomic E-state index is -0.638. The maximum Gasteiger partial charge on any atom is 0.207 e. The fraction of sp³-hybridized carbons (Fsp3) is 0.118. The summed E-state index contributed by atoms with van der Waals surface area (Å²) < 4.78 is 5.61. The molecule has 0 fully saturated rings. The summed E-state index contributed by atoms with van der Waals surface area (Å²) in [6.07, 6.45) is -0.638. The molecule has 0 bridgehead atoms. The van der Waals surface area contributed by atoms with E-state index in [0.717, 1.165) is 5.56 Å². The number of hydrogen-bond acceptors (Lipinski definition) is 2. The molecule has 2 aromatic carbocycles. The second-order valence-electron chi connectivity index (χ2n) is 4.34. The zero-order valence-electron chi connectivity index (χ0n) is 10.9. The molecule has 0 aliphatic heterocycles. The van der Waals surface area contributed by atoms with Gasteiger partial charge in [0.15, 0.2) is 6.10 Å². The molecular formula is C17H16O2. The Morgan fingerprint density at radius 1 is 1.00 bits per heavy atom. The molecule has 0 saturated heterocycles. The number of benzene rings is 2. The summed E-state index contributed by atoms with van der Waals surface area (Å²) in [5.41, 5.74) is 1.47. The van der Waals surface area contributed by atoms with Gasteiger partial charge in [0.25, 0.3) is 0 Å². The molecule has 19 heavy (non-hydrogen) atoms. The maximum absolute atomic E-state index is 12.5. The van der Waals surface area contributed by atoms with Gasteiger partial charge >= 0.3 is 0 Å². The zero-order chi connectivity index (χ0) is 13.7. The molecule has 0 aliphatic carbocycles. The summed E-state index contributed by atoms with van der Waals surface area (Å²) >= 11 is 0. The van der Waals surface area contributed by atoms with E-state index < -0.39 is 6.10 Å². The Kier molecular flexibility index (Phi) is 4.14. The molecule has 2 nitrogen and oxygen atoms in total. The number of ether oxygens (including phenoxy) is 1. The standard InChI is InChI=1S/C17H16O2/c1-13(2)19-17(15-11-7-4-8-12-15)16(18)14-9-5-3-6-10-14/h3-12,17H,1H2,2H3. The molecule has 0 aliphatic rings. The van der Waals surface area contributed by atoms with E-state index in [9.17, 15) is 4.79 Å². The summed E-state index contributed by atoms with van der Waals surface area (Å²) in [6.45, 7) is 5.47. The Morgan fingerprint density at radius 3 is 2.05 bits per heavy atom. The van der Waals surface area contributed by atoms with E-state index in [4.69, 9.17) is 4.74 Å². The third kappa shape index (κ3) is 3.32. The van der Waals surface area contributed by atoms with Crippen molar-refractivity contribution in [2.75, 3.05) is 0 Å². The van der Waals surface area contributed by atoms with Crippen LogP contribution in [0.5, 0.6) is 0 Å². The fourth-order valence-electron chi connectivity index (χ4n) is 1.86. The molecule has 0 heterocycles. The van der Waals surface area contributed by atoms with Gasteiger partial charge in [0.1, 0.15) is 0 Å². The van der Waals surface area contributed by atoms with Gasteiger partial charge in [-0.2, -0.15) is 0 Å². The van der Waals surface area contributed by atoms with E-state index in [1.807, 2.05) is 48.5 Å². The number of ketones is 1. The summed E-state index contributed by atoms with van der Waals surface area (Å²) in [7, 11) is 0. The van der Waals surface area contributed by atoms with Crippen molar-refractivity contribution in [2.24, 2.45) is 0 Å². The van der Waals surface area contributed by atoms with Crippen LogP contribution in [0.3, 0.4) is 0 Å². The lowest BCUT2D eigenvalue weighted by Crippen LogP contribution is -2.15. The molecule has 0 spiro atoms. The molecule has 2 aromatic rings. The first kappa shape index (κ1) is 13.1. The van der Waals surface area contributed by atoms with E-state index in [1.54, 1.807) is 19.1 Å². The van der Waals surface area contributed by atoms with Crippen molar-refractivity contribution < 1.29 is 9.53 Å². The van der Waals surface area contributed by atoms with Gasteiger partial charge in [-0.05, 0) is 6.92 Å². The number of Topliss-reactive ketones (excluding diaryl/α,β-unsaturated/α-hetero) is 1. The van der Waals surface area contributed by atoms with Crippen molar-refractivity contribution in [3.05, 3.63) is 84.1 Å². The number of rotatable bonds is 5. The van der Waals surface area contributed by atoms with E-state index in [2.05, 4.69) is 6.58 Å². The fourth-order valence-corrected chi connectivity index (χ4v) is 1.86. The third-order valence-corrected chi connectivity index (χ3v) is 2.72. The number of hydrogen-bond donors (Lipinski definition) is 0. The molecule has 0 amide bonds. The maximum atomic E-state index is 12.5. The minimum absolute atomic E-state index is 0.0604. The van der Waals surface area contributed by atoms with Crippen LogP contribution in [0.25, 0.3) is 0 Å². The van der Waals surface area contributed by atoms with Gasteiger partial charge in [-0.25, -0.2) is 0 Å². The molecule has 1 atom stereocenters. The second kappa shape index (κ2) is 6.01. The number of carbonyl (C=O) groups excluding carboxylic acids is 1. The first-order valence-electron chi connectivity index (χ1n) is 6.15. The highest BCUT2D eigenvalue weighted by Gasteiger charge is 2.23. The average Bonchev–Trinajstić information content (AvgIpc) is 2.46. The Bertz CT molecular complexity index is 558. The van der Waals surface area contributed by atoms with Crippen molar-refractivity contribution in [3.63, 3.8) is 0 Å². The van der Waals surface area contributed by atoms with Crippen LogP contribution < -0.4 is 0 Å². The van der Waals surface area contributed by atoms with Gasteiger partial charge < -0.3 is 4.74 Å². The average molecular weight is 252 g/mol. The van der Waals surface area contributed by atoms with Crippen molar-refractivity contribution >= 4 is 5.78 Å². The number of carbonyl (C=O) groups is 1. The molecule has 0 N–H and O–H groups in total. The summed E-state index contributed by atoms with van der Waals surface area (Å²) in [5.74, 6) is 0.466. The van der Waals surface area contributed by atoms with Gasteiger partial charge in [0.2, 0.25) is 5.78 Å². The van der Waals surface area contributed by atoms with Crippen molar-refractivity contribution in [1.82, 2.24) is 0 Å². The van der Waals surface area contributed by atoms with Crippen LogP contribution in [0.4, 0.5) is 0 Å². The highest BCUT2D eigenvalue weighted by Crippen LogP contribution is 2.24. The van der Waals surface area contributed by atoms with Crippen LogP contribution in [0, 0.1) is 0 Å². The van der Waals surface area contributed by atoms with Gasteiger partial charge in [0, 0.05) is 11.1 Å². The van der Waals surface area contributed by atoms with Gasteiger partial charge in [-0.3, -0.25) is 4.79 Å². The van der Waals surface area contributed by atoms with Crippen LogP contribution in [0.2, 0.25) is 0 Å². The van der Waals surface area contributed by atoms with Crippen LogP contribution in [0.1, 0.15) is 28.9 Å². The molecule has 96 valence electrons. The predicted molar refractivity (Wildman–Crippen MR) is 75.9 cm³/mol. The molecule has 1 unspecified atom stereocenters. The summed E-state index contributed by atoms with van der Waals surface area (Å²) in [6, 6.07) is 18.6. The highest BCUT2D eigenvalue weighted by molar-refractivity contribution is 6.00. The monoisotopic (exact) mass is 252 g/mol. The number of allylic oxidation sites excluding steroid dienone is 1. The predicted octanol–water partition coefficient (Wildman–Crippen LogP) is 4.16. The van der Waals surface area contributed by atoms with Gasteiger partial charge in [-0.1, -0.05) is 67.2 Å². The van der Waals surface area contributed by atoms with Crippen LogP contribution >= 0.6 is 0 Å². The summed E-state index contributed by atoms with van der Waals surface area (Å²) in [5, 5.41) is 0. The summed E-state index contributed by atoms with van der Waals surface area (Å²) in [4.78, 5) is 12.5. The first-order valence-corrected chi connectivity index (χ1v) is 6.15. The molecule has 2 rings (SSSR count). The smallest absolute Gasteiger partial charge is 0.207 e. The van der Waals surface area contributed by atoms with E-state index in [1.165, 1.54) is 0 Å². The molecule has 0 saturated carbocycles. The molecule has 2 heteroatoms. The van der Waals surface area contributed by atoms with Crippen molar-refractivity contribution in [3.8, 4) is 0 Å². The van der Waals surface area contributed by atoms with Crippen LogP contribution in [-0.2, 0) is 4.74 Å². The van der Waals surface area contributed by atoms with Crippen molar-refractivity contribution in [2.45, 2.75) is 13.0 Å². The first-order chi connectivity index (χ1) is 9.18. The lowest BCUT2D eigenvalue weighted by atomic mass is 10.00. The van der Waals surface area contributed by atoms with Gasteiger partial charge in [-0.15, -0.1) is 0 Å². The molecule has 0 aromatic heterocycles. The lowest BCUT2D eigenvalue weighted by molar-refractivity contribution is 0.0648. The van der Waals surface area contributed by atoms with Gasteiger partial charge in [0.05, 0.1) is 5.76 Å². The minimum Gasteiger partial charge on any atom is -0.483 e. The second-order valence-corrected chi connectivity index (χ2v) is 4.34. The quantitative estimate of drug-likeness (QED) is 0.590. The largest absolute Gasteiger partial charge is 0.483 e.